The number of aromatic hydroxyl groups is 1. The predicted molar refractivity (Wildman–Crippen MR) is 103 cm³/mol. The molecule has 3 aromatic rings. The number of carbonyl (C=O) groups excluding carboxylic acids is 1. The summed E-state index contributed by atoms with van der Waals surface area (Å²) in [5.74, 6) is -0.0598. The van der Waals surface area contributed by atoms with Crippen LogP contribution in [0.2, 0.25) is 0 Å². The molecule has 0 saturated heterocycles. The van der Waals surface area contributed by atoms with E-state index in [0.29, 0.717) is 24.2 Å². The van der Waals surface area contributed by atoms with Gasteiger partial charge < -0.3 is 10.4 Å². The number of carbonyl (C=O) groups is 1. The van der Waals surface area contributed by atoms with Crippen LogP contribution in [0.15, 0.2) is 72.8 Å². The molecule has 0 atom stereocenters. The van der Waals surface area contributed by atoms with Crippen LogP contribution in [0.5, 0.6) is 5.75 Å². The van der Waals surface area contributed by atoms with E-state index in [1.807, 2.05) is 0 Å². The summed E-state index contributed by atoms with van der Waals surface area (Å²) in [4.78, 5) is 23.4. The fourth-order valence-corrected chi connectivity index (χ4v) is 2.73. The number of nitro benzene ring substituents is 1. The van der Waals surface area contributed by atoms with E-state index in [1.165, 1.54) is 6.07 Å². The Morgan fingerprint density at radius 2 is 1.67 bits per heavy atom. The number of ketones is 1. The maximum absolute atomic E-state index is 12.5. The Balaban J connectivity index is 1.74. The van der Waals surface area contributed by atoms with Crippen molar-refractivity contribution >= 4 is 17.2 Å². The van der Waals surface area contributed by atoms with Gasteiger partial charge in [0.1, 0.15) is 11.4 Å². The molecule has 0 aliphatic carbocycles. The van der Waals surface area contributed by atoms with Gasteiger partial charge in [-0.05, 0) is 36.2 Å². The Bertz CT molecular complexity index is 954. The molecule has 6 nitrogen and oxygen atoms in total. The van der Waals surface area contributed by atoms with Crippen molar-refractivity contribution in [3.63, 3.8) is 0 Å². The van der Waals surface area contributed by atoms with Gasteiger partial charge >= 0.3 is 0 Å². The third-order valence-electron chi connectivity index (χ3n) is 4.16. The van der Waals surface area contributed by atoms with Crippen LogP contribution in [0, 0.1) is 10.1 Å². The van der Waals surface area contributed by atoms with E-state index in [-0.39, 0.29) is 22.8 Å². The maximum atomic E-state index is 12.5. The van der Waals surface area contributed by atoms with Gasteiger partial charge in [-0.15, -0.1) is 0 Å². The van der Waals surface area contributed by atoms with Crippen LogP contribution in [0.25, 0.3) is 0 Å². The van der Waals surface area contributed by atoms with Gasteiger partial charge in [0, 0.05) is 23.7 Å². The second kappa shape index (κ2) is 8.14. The number of phenols is 1. The van der Waals surface area contributed by atoms with Crippen molar-refractivity contribution in [1.82, 2.24) is 0 Å². The molecule has 3 aromatic carbocycles. The number of hydrogen-bond acceptors (Lipinski definition) is 5. The first kappa shape index (κ1) is 18.1. The summed E-state index contributed by atoms with van der Waals surface area (Å²) in [6.07, 6.45) is 0.641. The van der Waals surface area contributed by atoms with E-state index in [2.05, 4.69) is 5.32 Å². The lowest BCUT2D eigenvalue weighted by Crippen LogP contribution is -2.08. The van der Waals surface area contributed by atoms with Gasteiger partial charge in [-0.2, -0.15) is 0 Å². The lowest BCUT2D eigenvalue weighted by molar-refractivity contribution is -0.384. The van der Waals surface area contributed by atoms with Crippen LogP contribution in [-0.4, -0.2) is 22.4 Å². The molecule has 0 bridgehead atoms. The molecule has 0 aliphatic heterocycles. The zero-order valence-corrected chi connectivity index (χ0v) is 14.5. The Hall–Kier alpha value is -3.67. The Morgan fingerprint density at radius 3 is 2.33 bits per heavy atom. The van der Waals surface area contributed by atoms with Crippen LogP contribution < -0.4 is 5.32 Å². The van der Waals surface area contributed by atoms with Crippen molar-refractivity contribution in [2.75, 3.05) is 11.9 Å². The minimum Gasteiger partial charge on any atom is -0.508 e. The van der Waals surface area contributed by atoms with Crippen LogP contribution in [0.4, 0.5) is 11.4 Å². The van der Waals surface area contributed by atoms with E-state index in [4.69, 9.17) is 0 Å². The summed E-state index contributed by atoms with van der Waals surface area (Å²) in [7, 11) is 0. The van der Waals surface area contributed by atoms with Crippen LogP contribution in [0.1, 0.15) is 21.5 Å². The summed E-state index contributed by atoms with van der Waals surface area (Å²) < 4.78 is 0. The van der Waals surface area contributed by atoms with Gasteiger partial charge in [-0.3, -0.25) is 14.9 Å². The number of rotatable bonds is 7. The highest BCUT2D eigenvalue weighted by Gasteiger charge is 2.18. The zero-order chi connectivity index (χ0) is 19.2. The van der Waals surface area contributed by atoms with Crippen LogP contribution >= 0.6 is 0 Å². The highest BCUT2D eigenvalue weighted by molar-refractivity contribution is 6.09. The van der Waals surface area contributed by atoms with Crippen molar-refractivity contribution in [1.29, 1.82) is 0 Å². The average molecular weight is 362 g/mol. The van der Waals surface area contributed by atoms with E-state index in [0.717, 1.165) is 5.56 Å². The van der Waals surface area contributed by atoms with E-state index < -0.39 is 4.92 Å². The van der Waals surface area contributed by atoms with Crippen LogP contribution in [-0.2, 0) is 6.42 Å². The molecule has 27 heavy (non-hydrogen) atoms. The smallest absolute Gasteiger partial charge is 0.293 e. The molecule has 0 aromatic heterocycles. The predicted octanol–water partition coefficient (Wildman–Crippen LogP) is 4.19. The van der Waals surface area contributed by atoms with Gasteiger partial charge in [-0.1, -0.05) is 42.5 Å². The molecule has 0 heterocycles. The summed E-state index contributed by atoms with van der Waals surface area (Å²) in [5.41, 5.74) is 1.99. The number of nitrogens with zero attached hydrogens (tertiary/aromatic N) is 1. The van der Waals surface area contributed by atoms with Crippen molar-refractivity contribution in [3.8, 4) is 5.75 Å². The minimum atomic E-state index is -0.495. The molecule has 6 heteroatoms. The van der Waals surface area contributed by atoms with E-state index in [1.54, 1.807) is 66.7 Å². The molecule has 3 rings (SSSR count). The van der Waals surface area contributed by atoms with Crippen LogP contribution in [0.3, 0.4) is 0 Å². The van der Waals surface area contributed by atoms with Gasteiger partial charge in [0.05, 0.1) is 4.92 Å². The van der Waals surface area contributed by atoms with Gasteiger partial charge in [0.2, 0.25) is 0 Å². The highest BCUT2D eigenvalue weighted by atomic mass is 16.6. The molecule has 2 N–H and O–H groups in total. The largest absolute Gasteiger partial charge is 0.508 e. The lowest BCUT2D eigenvalue weighted by Gasteiger charge is -2.09. The molecule has 0 radical (unpaired) electrons. The Kier molecular flexibility index (Phi) is 5.47. The monoisotopic (exact) mass is 362 g/mol. The molecule has 0 amide bonds. The first-order valence-electron chi connectivity index (χ1n) is 8.44. The number of hydrogen-bond donors (Lipinski definition) is 2. The standard InChI is InChI=1S/C21H18N2O4/c24-18-9-6-15(7-10-18)12-13-22-19-11-8-17(14-20(19)23(26)27)21(25)16-4-2-1-3-5-16/h1-11,14,22,24H,12-13H2. The third kappa shape index (κ3) is 4.49. The quantitative estimate of drug-likeness (QED) is 0.373. The Morgan fingerprint density at radius 1 is 0.963 bits per heavy atom. The van der Waals surface area contributed by atoms with Crippen molar-refractivity contribution in [2.24, 2.45) is 0 Å². The SMILES string of the molecule is O=C(c1ccccc1)c1ccc(NCCc2ccc(O)cc2)c([N+](=O)[O-])c1. The summed E-state index contributed by atoms with van der Waals surface area (Å²) in [6, 6.07) is 19.9. The number of phenolic OH excluding ortho intramolecular Hbond substituents is 1. The lowest BCUT2D eigenvalue weighted by atomic mass is 10.0. The first-order valence-corrected chi connectivity index (χ1v) is 8.44. The summed E-state index contributed by atoms with van der Waals surface area (Å²) >= 11 is 0. The van der Waals surface area contributed by atoms with Crippen molar-refractivity contribution in [2.45, 2.75) is 6.42 Å². The molecule has 0 aliphatic rings. The fourth-order valence-electron chi connectivity index (χ4n) is 2.73. The van der Waals surface area contributed by atoms with Gasteiger partial charge in [-0.25, -0.2) is 0 Å². The second-order valence-electron chi connectivity index (χ2n) is 6.03. The minimum absolute atomic E-state index is 0.137. The zero-order valence-electron chi connectivity index (χ0n) is 14.5. The summed E-state index contributed by atoms with van der Waals surface area (Å²) in [6.45, 7) is 0.484. The van der Waals surface area contributed by atoms with Gasteiger partial charge in [0.25, 0.3) is 5.69 Å². The molecule has 0 fully saturated rings. The highest BCUT2D eigenvalue weighted by Crippen LogP contribution is 2.27. The normalized spacial score (nSPS) is 10.4. The molecular formula is C21H18N2O4. The number of anilines is 1. The topological polar surface area (TPSA) is 92.5 Å². The van der Waals surface area contributed by atoms with Gasteiger partial charge in [0.15, 0.2) is 5.78 Å². The van der Waals surface area contributed by atoms with Crippen molar-refractivity contribution in [3.05, 3.63) is 99.6 Å². The molecule has 136 valence electrons. The second-order valence-corrected chi connectivity index (χ2v) is 6.03. The Labute approximate surface area is 156 Å². The average Bonchev–Trinajstić information content (AvgIpc) is 2.69. The third-order valence-corrected chi connectivity index (χ3v) is 4.16. The van der Waals surface area contributed by atoms with E-state index in [9.17, 15) is 20.0 Å². The van der Waals surface area contributed by atoms with E-state index >= 15 is 0 Å². The molecule has 0 unspecified atom stereocenters. The fraction of sp³-hybridized carbons (Fsp3) is 0.0952. The molecular weight excluding hydrogens is 344 g/mol. The molecule has 0 spiro atoms. The molecule has 0 saturated carbocycles. The number of benzene rings is 3. The number of nitrogens with one attached hydrogen (secondary N) is 1. The van der Waals surface area contributed by atoms with Crippen molar-refractivity contribution < 1.29 is 14.8 Å². The number of nitro groups is 1. The summed E-state index contributed by atoms with van der Waals surface area (Å²) in [5, 5.41) is 23.8. The maximum Gasteiger partial charge on any atom is 0.293 e. The first-order chi connectivity index (χ1) is 13.0.